The van der Waals surface area contributed by atoms with Crippen molar-refractivity contribution in [3.8, 4) is 5.75 Å². The van der Waals surface area contributed by atoms with E-state index in [2.05, 4.69) is 26.5 Å². The molecule has 3 aromatic rings. The quantitative estimate of drug-likeness (QED) is 0.343. The first-order valence-electron chi connectivity index (χ1n) is 9.26. The highest BCUT2D eigenvalue weighted by Crippen LogP contribution is 2.16. The molecule has 1 N–H and O–H groups in total. The summed E-state index contributed by atoms with van der Waals surface area (Å²) in [7, 11) is 0. The molecule has 1 amide bonds. The minimum Gasteiger partial charge on any atom is -0.489 e. The first-order valence-corrected chi connectivity index (χ1v) is 10.0. The second-order valence-electron chi connectivity index (χ2n) is 6.49. The van der Waals surface area contributed by atoms with Crippen LogP contribution in [-0.2, 0) is 6.61 Å². The van der Waals surface area contributed by atoms with Crippen LogP contribution in [0.1, 0.15) is 28.4 Å². The molecule has 0 spiro atoms. The summed E-state index contributed by atoms with van der Waals surface area (Å²) in [5.41, 5.74) is 5.00. The monoisotopic (exact) mass is 466 g/mol. The lowest BCUT2D eigenvalue weighted by Gasteiger charge is -2.07. The van der Waals surface area contributed by atoms with Gasteiger partial charge in [-0.1, -0.05) is 52.3 Å². The Balaban J connectivity index is 1.53. The van der Waals surface area contributed by atoms with E-state index >= 15 is 0 Å². The van der Waals surface area contributed by atoms with Crippen LogP contribution in [0.15, 0.2) is 88.4 Å². The third-order valence-corrected chi connectivity index (χ3v) is 4.71. The molecule has 0 unspecified atom stereocenters. The molecule has 0 bridgehead atoms. The minimum atomic E-state index is -0.340. The van der Waals surface area contributed by atoms with E-state index in [0.717, 1.165) is 10.0 Å². The summed E-state index contributed by atoms with van der Waals surface area (Å²) < 4.78 is 20.4. The summed E-state index contributed by atoms with van der Waals surface area (Å²) in [5, 5.41) is 4.02. The Morgan fingerprint density at radius 1 is 1.07 bits per heavy atom. The smallest absolute Gasteiger partial charge is 0.271 e. The molecule has 0 aliphatic carbocycles. The summed E-state index contributed by atoms with van der Waals surface area (Å²) in [5.74, 6) is 0.0168. The van der Waals surface area contributed by atoms with Gasteiger partial charge in [-0.15, -0.1) is 0 Å². The lowest BCUT2D eigenvalue weighted by atomic mass is 10.2. The van der Waals surface area contributed by atoms with Gasteiger partial charge < -0.3 is 4.74 Å². The fraction of sp³-hybridized carbons (Fsp3) is 0.0833. The molecule has 0 radical (unpaired) electrons. The maximum Gasteiger partial charge on any atom is 0.271 e. The van der Waals surface area contributed by atoms with Crippen LogP contribution in [-0.4, -0.2) is 11.6 Å². The molecule has 0 aliphatic rings. The molecule has 0 aliphatic heterocycles. The summed E-state index contributed by atoms with van der Waals surface area (Å²) in [6.07, 6.45) is 3.25. The van der Waals surface area contributed by atoms with Crippen LogP contribution >= 0.6 is 15.9 Å². The van der Waals surface area contributed by atoms with Gasteiger partial charge in [0, 0.05) is 15.6 Å². The molecule has 0 saturated heterocycles. The van der Waals surface area contributed by atoms with Gasteiger partial charge in [-0.25, -0.2) is 9.82 Å². The Labute approximate surface area is 183 Å². The van der Waals surface area contributed by atoms with Gasteiger partial charge in [0.05, 0.1) is 5.71 Å². The van der Waals surface area contributed by atoms with E-state index in [9.17, 15) is 9.18 Å². The zero-order valence-corrected chi connectivity index (χ0v) is 17.9. The molecule has 152 valence electrons. The van der Waals surface area contributed by atoms with Gasteiger partial charge in [-0.2, -0.15) is 5.10 Å². The van der Waals surface area contributed by atoms with E-state index in [-0.39, 0.29) is 11.7 Å². The van der Waals surface area contributed by atoms with Crippen molar-refractivity contribution < 1.29 is 13.9 Å². The molecular formula is C24H20BrFN2O2. The summed E-state index contributed by atoms with van der Waals surface area (Å²) >= 11 is 3.40. The zero-order chi connectivity index (χ0) is 21.3. The van der Waals surface area contributed by atoms with E-state index in [1.54, 1.807) is 61.5 Å². The number of amides is 1. The maximum absolute atomic E-state index is 13.6. The Hall–Kier alpha value is -3.25. The molecule has 0 saturated carbocycles. The van der Waals surface area contributed by atoms with Crippen molar-refractivity contribution in [3.05, 3.63) is 106 Å². The van der Waals surface area contributed by atoms with Crippen LogP contribution in [0.3, 0.4) is 0 Å². The van der Waals surface area contributed by atoms with Crippen LogP contribution in [0, 0.1) is 5.82 Å². The number of nitrogens with zero attached hydrogens (tertiary/aromatic N) is 1. The van der Waals surface area contributed by atoms with Crippen molar-refractivity contribution in [2.24, 2.45) is 5.10 Å². The summed E-state index contributed by atoms with van der Waals surface area (Å²) in [6.45, 7) is 2.16. The molecule has 0 aromatic heterocycles. The van der Waals surface area contributed by atoms with Gasteiger partial charge >= 0.3 is 0 Å². The predicted molar refractivity (Wildman–Crippen MR) is 121 cm³/mol. The zero-order valence-electron chi connectivity index (χ0n) is 16.3. The SMILES string of the molecule is CC(C=Cc1ccccc1F)=NNC(=O)c1ccc(OCc2ccc(Br)cc2)cc1. The van der Waals surface area contributed by atoms with Crippen molar-refractivity contribution in [2.75, 3.05) is 0 Å². The topological polar surface area (TPSA) is 50.7 Å². The third kappa shape index (κ3) is 6.39. The van der Waals surface area contributed by atoms with Crippen molar-refractivity contribution in [3.63, 3.8) is 0 Å². The van der Waals surface area contributed by atoms with Crippen LogP contribution in [0.25, 0.3) is 6.08 Å². The first-order chi connectivity index (χ1) is 14.5. The molecule has 3 aromatic carbocycles. The number of hydrogen-bond acceptors (Lipinski definition) is 3. The number of allylic oxidation sites excluding steroid dienone is 1. The highest BCUT2D eigenvalue weighted by molar-refractivity contribution is 9.10. The second kappa shape index (κ2) is 10.5. The molecule has 0 fully saturated rings. The average molecular weight is 467 g/mol. The van der Waals surface area contributed by atoms with Crippen LogP contribution in [0.4, 0.5) is 4.39 Å². The Kier molecular flexibility index (Phi) is 7.51. The normalized spacial score (nSPS) is 11.5. The highest BCUT2D eigenvalue weighted by Gasteiger charge is 2.05. The number of rotatable bonds is 7. The largest absolute Gasteiger partial charge is 0.489 e. The Morgan fingerprint density at radius 3 is 2.47 bits per heavy atom. The number of benzene rings is 3. The lowest BCUT2D eigenvalue weighted by Crippen LogP contribution is -2.18. The molecular weight excluding hydrogens is 447 g/mol. The molecule has 4 nitrogen and oxygen atoms in total. The lowest BCUT2D eigenvalue weighted by molar-refractivity contribution is 0.0955. The number of hydrogen-bond donors (Lipinski definition) is 1. The van der Waals surface area contributed by atoms with Gasteiger partial charge in [0.2, 0.25) is 0 Å². The minimum absolute atomic E-state index is 0.312. The van der Waals surface area contributed by atoms with Crippen molar-refractivity contribution in [1.29, 1.82) is 0 Å². The third-order valence-electron chi connectivity index (χ3n) is 4.18. The highest BCUT2D eigenvalue weighted by atomic mass is 79.9. The second-order valence-corrected chi connectivity index (χ2v) is 7.40. The average Bonchev–Trinajstić information content (AvgIpc) is 2.77. The van der Waals surface area contributed by atoms with Gasteiger partial charge in [0.15, 0.2) is 0 Å². The fourth-order valence-electron chi connectivity index (χ4n) is 2.51. The van der Waals surface area contributed by atoms with Gasteiger partial charge in [0.25, 0.3) is 5.91 Å². The standard InChI is InChI=1S/C24H20BrFN2O2/c1-17(6-9-19-4-2-3-5-23(19)26)27-28-24(29)20-10-14-22(15-11-20)30-16-18-7-12-21(25)13-8-18/h2-15H,16H2,1H3,(H,28,29). The van der Waals surface area contributed by atoms with Crippen molar-refractivity contribution in [1.82, 2.24) is 5.43 Å². The Bertz CT molecular complexity index is 1060. The van der Waals surface area contributed by atoms with E-state index in [1.165, 1.54) is 6.07 Å². The number of carbonyl (C=O) groups is 1. The Morgan fingerprint density at radius 2 is 1.77 bits per heavy atom. The maximum atomic E-state index is 13.6. The molecule has 6 heteroatoms. The molecule has 3 rings (SSSR count). The van der Waals surface area contributed by atoms with Gasteiger partial charge in [0.1, 0.15) is 18.2 Å². The van der Waals surface area contributed by atoms with Crippen LogP contribution in [0.2, 0.25) is 0 Å². The van der Waals surface area contributed by atoms with E-state index < -0.39 is 0 Å². The van der Waals surface area contributed by atoms with Crippen LogP contribution < -0.4 is 10.2 Å². The van der Waals surface area contributed by atoms with Crippen molar-refractivity contribution in [2.45, 2.75) is 13.5 Å². The summed E-state index contributed by atoms with van der Waals surface area (Å²) in [6, 6.07) is 21.1. The molecule has 0 heterocycles. The van der Waals surface area contributed by atoms with Crippen LogP contribution in [0.5, 0.6) is 5.75 Å². The fourth-order valence-corrected chi connectivity index (χ4v) is 2.78. The van der Waals surface area contributed by atoms with Gasteiger partial charge in [-0.05, 0) is 61.0 Å². The molecule has 30 heavy (non-hydrogen) atoms. The van der Waals surface area contributed by atoms with E-state index in [0.29, 0.717) is 29.2 Å². The van der Waals surface area contributed by atoms with Crippen molar-refractivity contribution >= 4 is 33.6 Å². The predicted octanol–water partition coefficient (Wildman–Crippen LogP) is 5.99. The molecule has 0 atom stereocenters. The number of halogens is 2. The van der Waals surface area contributed by atoms with E-state index in [4.69, 9.17) is 4.74 Å². The number of carbonyl (C=O) groups excluding carboxylic acids is 1. The summed E-state index contributed by atoms with van der Waals surface area (Å²) in [4.78, 5) is 12.3. The van der Waals surface area contributed by atoms with Gasteiger partial charge in [-0.3, -0.25) is 4.79 Å². The first kappa shape index (κ1) is 21.5. The number of hydrazone groups is 1. The number of ether oxygens (including phenoxy) is 1. The van der Waals surface area contributed by atoms with E-state index in [1.807, 2.05) is 24.3 Å². The number of nitrogens with one attached hydrogen (secondary N) is 1.